The number of carbonyl (C=O) groups is 1. The molecule has 1 aliphatic carbocycles. The van der Waals surface area contributed by atoms with Gasteiger partial charge in [0.2, 0.25) is 5.91 Å². The van der Waals surface area contributed by atoms with Crippen LogP contribution >= 0.6 is 0 Å². The smallest absolute Gasteiger partial charge is 0.217 e. The summed E-state index contributed by atoms with van der Waals surface area (Å²) < 4.78 is 16.8. The van der Waals surface area contributed by atoms with Crippen LogP contribution in [0.3, 0.4) is 0 Å². The van der Waals surface area contributed by atoms with Crippen LogP contribution < -0.4 is 10.5 Å². The highest BCUT2D eigenvalue weighted by molar-refractivity contribution is 5.85. The number of allylic oxidation sites excluding steroid dienone is 4. The zero-order valence-corrected chi connectivity index (χ0v) is 17.0. The number of ether oxygens (including phenoxy) is 3. The molecule has 2 aliphatic rings. The second-order valence-corrected chi connectivity index (χ2v) is 7.50. The number of nitrogens with two attached hydrogens (primary N) is 1. The zero-order valence-electron chi connectivity index (χ0n) is 17.0. The van der Waals surface area contributed by atoms with E-state index in [1.54, 1.807) is 19.6 Å². The van der Waals surface area contributed by atoms with Crippen molar-refractivity contribution in [2.45, 2.75) is 31.6 Å². The number of rotatable bonds is 8. The van der Waals surface area contributed by atoms with Crippen molar-refractivity contribution in [2.24, 2.45) is 11.7 Å². The topological polar surface area (TPSA) is 86.6 Å². The highest BCUT2D eigenvalue weighted by atomic mass is 16.5. The van der Waals surface area contributed by atoms with Gasteiger partial charge in [-0.15, -0.1) is 0 Å². The molecular weight excluding hydrogens is 380 g/mol. The Morgan fingerprint density at radius 1 is 1.33 bits per heavy atom. The minimum Gasteiger partial charge on any atom is -0.497 e. The van der Waals surface area contributed by atoms with Gasteiger partial charge in [-0.25, -0.2) is 0 Å². The lowest BCUT2D eigenvalue weighted by atomic mass is 9.75. The molecule has 0 saturated heterocycles. The Morgan fingerprint density at radius 3 is 2.93 bits per heavy atom. The molecule has 30 heavy (non-hydrogen) atoms. The summed E-state index contributed by atoms with van der Waals surface area (Å²) in [6, 6.07) is 5.96. The number of hydrogen-bond donors (Lipinski definition) is 2. The molecule has 6 heteroatoms. The molecule has 0 saturated carbocycles. The van der Waals surface area contributed by atoms with E-state index in [-0.39, 0.29) is 24.2 Å². The number of benzene rings is 1. The molecule has 1 aliphatic heterocycles. The van der Waals surface area contributed by atoms with Crippen molar-refractivity contribution in [3.8, 4) is 5.75 Å². The van der Waals surface area contributed by atoms with Gasteiger partial charge in [0.1, 0.15) is 30.3 Å². The largest absolute Gasteiger partial charge is 0.497 e. The second kappa shape index (κ2) is 8.95. The normalized spacial score (nSPS) is 17.5. The maximum atomic E-state index is 11.7. The Morgan fingerprint density at radius 2 is 2.23 bits per heavy atom. The minimum absolute atomic E-state index is 0.0301. The fraction of sp³-hybridized carbons (Fsp3) is 0.292. The number of amides is 1. The Balaban J connectivity index is 1.83. The number of carbonyl (C=O) groups excluding carboxylic acids is 1. The van der Waals surface area contributed by atoms with Crippen molar-refractivity contribution >= 4 is 16.8 Å². The third kappa shape index (κ3) is 4.13. The molecule has 1 aromatic carbocycles. The van der Waals surface area contributed by atoms with Gasteiger partial charge in [-0.05, 0) is 43.0 Å². The fourth-order valence-corrected chi connectivity index (χ4v) is 4.29. The number of aromatic amines is 1. The Hall–Kier alpha value is -3.41. The van der Waals surface area contributed by atoms with Crippen LogP contribution in [0.1, 0.15) is 37.2 Å². The van der Waals surface area contributed by atoms with Crippen LogP contribution in [0.25, 0.3) is 10.9 Å². The van der Waals surface area contributed by atoms with Crippen molar-refractivity contribution in [2.75, 3.05) is 7.11 Å². The summed E-state index contributed by atoms with van der Waals surface area (Å²) in [7, 11) is 1.66. The van der Waals surface area contributed by atoms with E-state index in [1.165, 1.54) is 11.8 Å². The maximum Gasteiger partial charge on any atom is 0.217 e. The van der Waals surface area contributed by atoms with E-state index in [4.69, 9.17) is 19.9 Å². The lowest BCUT2D eigenvalue weighted by Crippen LogP contribution is -2.22. The van der Waals surface area contributed by atoms with Crippen LogP contribution in [0.2, 0.25) is 0 Å². The molecule has 156 valence electrons. The van der Waals surface area contributed by atoms with Gasteiger partial charge in [0.15, 0.2) is 0 Å². The van der Waals surface area contributed by atoms with Crippen molar-refractivity contribution in [3.63, 3.8) is 0 Å². The van der Waals surface area contributed by atoms with Gasteiger partial charge in [0.25, 0.3) is 0 Å². The summed E-state index contributed by atoms with van der Waals surface area (Å²) >= 11 is 0. The lowest BCUT2D eigenvalue weighted by molar-refractivity contribution is -0.118. The Labute approximate surface area is 175 Å². The summed E-state index contributed by atoms with van der Waals surface area (Å²) in [6.45, 7) is 0. The van der Waals surface area contributed by atoms with Crippen LogP contribution in [0, 0.1) is 5.92 Å². The van der Waals surface area contributed by atoms with E-state index in [0.29, 0.717) is 6.42 Å². The summed E-state index contributed by atoms with van der Waals surface area (Å²) in [5.74, 6) is 1.09. The van der Waals surface area contributed by atoms with E-state index in [0.717, 1.165) is 40.8 Å². The molecule has 0 bridgehead atoms. The number of aromatic nitrogens is 1. The molecule has 1 aromatic heterocycles. The number of fused-ring (bicyclic) bond motifs is 1. The van der Waals surface area contributed by atoms with E-state index in [9.17, 15) is 4.79 Å². The van der Waals surface area contributed by atoms with E-state index < -0.39 is 0 Å². The standard InChI is InChI=1S/C24H26N2O4/c1-28-17-7-9-21-19(13-17)20(14-26-21)18(8-10-23(25)27)24(16-5-3-2-4-6-16)22-15-29-11-12-30-22/h2-3,5,7,9,11-15,18,24,26H,4,6,8,10H2,1H3,(H2,25,27). The van der Waals surface area contributed by atoms with Gasteiger partial charge in [-0.2, -0.15) is 0 Å². The predicted molar refractivity (Wildman–Crippen MR) is 115 cm³/mol. The molecular formula is C24H26N2O4. The van der Waals surface area contributed by atoms with Crippen LogP contribution in [-0.2, 0) is 14.3 Å². The maximum absolute atomic E-state index is 11.7. The first kappa shape index (κ1) is 19.9. The zero-order chi connectivity index (χ0) is 20.9. The van der Waals surface area contributed by atoms with Crippen LogP contribution in [-0.4, -0.2) is 18.0 Å². The van der Waals surface area contributed by atoms with Crippen LogP contribution in [0.5, 0.6) is 5.75 Å². The highest BCUT2D eigenvalue weighted by Crippen LogP contribution is 2.44. The molecule has 2 aromatic rings. The second-order valence-electron chi connectivity index (χ2n) is 7.50. The third-order valence-electron chi connectivity index (χ3n) is 5.70. The summed E-state index contributed by atoms with van der Waals surface area (Å²) in [5.41, 5.74) is 8.90. The Kier molecular flexibility index (Phi) is 5.93. The molecule has 0 spiro atoms. The first-order chi connectivity index (χ1) is 14.7. The van der Waals surface area contributed by atoms with Crippen molar-refractivity contribution < 1.29 is 19.0 Å². The minimum atomic E-state index is -0.316. The highest BCUT2D eigenvalue weighted by Gasteiger charge is 2.33. The lowest BCUT2D eigenvalue weighted by Gasteiger charge is -2.31. The molecule has 6 nitrogen and oxygen atoms in total. The van der Waals surface area contributed by atoms with Gasteiger partial charge in [0, 0.05) is 35.4 Å². The molecule has 0 radical (unpaired) electrons. The van der Waals surface area contributed by atoms with E-state index in [1.807, 2.05) is 24.4 Å². The predicted octanol–water partition coefficient (Wildman–Crippen LogP) is 4.78. The van der Waals surface area contributed by atoms with Crippen molar-refractivity contribution in [1.29, 1.82) is 0 Å². The number of nitrogens with one attached hydrogen (secondary N) is 1. The van der Waals surface area contributed by atoms with Gasteiger partial charge < -0.3 is 24.9 Å². The molecule has 3 N–H and O–H groups in total. The van der Waals surface area contributed by atoms with Crippen LogP contribution in [0.15, 0.2) is 72.7 Å². The summed E-state index contributed by atoms with van der Waals surface area (Å²) in [6.07, 6.45) is 15.9. The van der Waals surface area contributed by atoms with Gasteiger partial charge >= 0.3 is 0 Å². The molecule has 1 amide bonds. The first-order valence-electron chi connectivity index (χ1n) is 10.1. The number of primary amides is 1. The van der Waals surface area contributed by atoms with Crippen molar-refractivity contribution in [3.05, 3.63) is 78.3 Å². The Bertz CT molecular complexity index is 1040. The summed E-state index contributed by atoms with van der Waals surface area (Å²) in [5, 5.41) is 1.06. The average Bonchev–Trinajstić information content (AvgIpc) is 3.20. The summed E-state index contributed by atoms with van der Waals surface area (Å²) in [4.78, 5) is 15.1. The molecule has 0 fully saturated rings. The van der Waals surface area contributed by atoms with Gasteiger partial charge in [-0.1, -0.05) is 23.8 Å². The number of methoxy groups -OCH3 is 1. The quantitative estimate of drug-likeness (QED) is 0.661. The molecule has 4 rings (SSSR count). The van der Waals surface area contributed by atoms with Crippen LogP contribution in [0.4, 0.5) is 0 Å². The number of H-pyrrole nitrogens is 1. The van der Waals surface area contributed by atoms with E-state index in [2.05, 4.69) is 23.2 Å². The first-order valence-corrected chi connectivity index (χ1v) is 10.1. The SMILES string of the molecule is COc1ccc2[nH]cc(C(CCC(N)=O)C(C3=CC=CCC3)C3=COC=CO3)c2c1. The fourth-order valence-electron chi connectivity index (χ4n) is 4.29. The number of hydrogen-bond acceptors (Lipinski definition) is 4. The average molecular weight is 406 g/mol. The van der Waals surface area contributed by atoms with Crippen molar-refractivity contribution in [1.82, 2.24) is 4.98 Å². The van der Waals surface area contributed by atoms with E-state index >= 15 is 0 Å². The molecule has 2 atom stereocenters. The third-order valence-corrected chi connectivity index (χ3v) is 5.70. The molecule has 2 unspecified atom stereocenters. The monoisotopic (exact) mass is 406 g/mol. The molecule has 2 heterocycles. The van der Waals surface area contributed by atoms with Gasteiger partial charge in [-0.3, -0.25) is 4.79 Å². The van der Waals surface area contributed by atoms with Gasteiger partial charge in [0.05, 0.1) is 7.11 Å².